The number of nitrogens with two attached hydrogens (primary N) is 1. The van der Waals surface area contributed by atoms with Gasteiger partial charge < -0.3 is 19.4 Å². The number of hydrogen-bond donors (Lipinski definition) is 2. The van der Waals surface area contributed by atoms with Crippen LogP contribution in [0.25, 0.3) is 11.3 Å². The Morgan fingerprint density at radius 1 is 1.06 bits per heavy atom. The summed E-state index contributed by atoms with van der Waals surface area (Å²) in [5, 5.41) is 3.45. The number of allylic oxidation sites excluding steroid dienone is 1. The van der Waals surface area contributed by atoms with Crippen molar-refractivity contribution >= 4 is 5.71 Å². The third kappa shape index (κ3) is 5.87. The average Bonchev–Trinajstić information content (AvgIpc) is 3.37. The fraction of sp³-hybridized carbons (Fsp3) is 0.269. The lowest BCUT2D eigenvalue weighted by Crippen LogP contribution is -2.42. The number of hydrogen-bond acceptors (Lipinski definition) is 6. The van der Waals surface area contributed by atoms with Gasteiger partial charge in [-0.1, -0.05) is 30.3 Å². The Labute approximate surface area is 189 Å². The fourth-order valence-electron chi connectivity index (χ4n) is 3.73. The van der Waals surface area contributed by atoms with Crippen molar-refractivity contribution in [2.75, 3.05) is 20.2 Å². The first-order valence-electron chi connectivity index (χ1n) is 10.9. The number of furan rings is 1. The van der Waals surface area contributed by atoms with E-state index in [9.17, 15) is 0 Å². The summed E-state index contributed by atoms with van der Waals surface area (Å²) in [5.41, 5.74) is 10.9. The van der Waals surface area contributed by atoms with Crippen molar-refractivity contribution in [3.05, 3.63) is 90.3 Å². The second kappa shape index (κ2) is 10.8. The molecule has 1 aliphatic heterocycles. The van der Waals surface area contributed by atoms with Crippen LogP contribution in [0.3, 0.4) is 0 Å². The molecule has 32 heavy (non-hydrogen) atoms. The lowest BCUT2D eigenvalue weighted by Gasteiger charge is -2.28. The number of benzene rings is 2. The number of rotatable bonds is 10. The van der Waals surface area contributed by atoms with Gasteiger partial charge in [0.05, 0.1) is 13.4 Å². The largest absolute Gasteiger partial charge is 0.497 e. The molecule has 0 amide bonds. The zero-order valence-electron chi connectivity index (χ0n) is 18.4. The minimum absolute atomic E-state index is 0.344. The Hall–Kier alpha value is -3.35. The van der Waals surface area contributed by atoms with Crippen molar-refractivity contribution in [2.45, 2.75) is 25.7 Å². The number of aliphatic imine (C=N–C) groups is 1. The summed E-state index contributed by atoms with van der Waals surface area (Å²) in [6.07, 6.45) is 7.25. The van der Waals surface area contributed by atoms with Crippen LogP contribution >= 0.6 is 0 Å². The van der Waals surface area contributed by atoms with Crippen molar-refractivity contribution in [3.8, 4) is 17.1 Å². The normalized spacial score (nSPS) is 15.6. The first kappa shape index (κ1) is 21.9. The third-order valence-electron chi connectivity index (χ3n) is 5.51. The molecular weight excluding hydrogens is 400 g/mol. The standard InChI is InChI=1S/C26H30N4O2/c1-31-24-8-3-6-21(18-24)19-28-13-15-30-14-12-23(29-26(30)27)11-10-20-5-2-7-22(17-20)25-9-4-16-32-25/h2-9,12,14,16-18,26,28H,10-11,13,15,19,27H2,1H3. The Kier molecular flexibility index (Phi) is 7.38. The first-order valence-corrected chi connectivity index (χ1v) is 10.9. The zero-order valence-corrected chi connectivity index (χ0v) is 18.4. The quantitative estimate of drug-likeness (QED) is 0.472. The molecule has 3 N–H and O–H groups in total. The maximum absolute atomic E-state index is 6.29. The van der Waals surface area contributed by atoms with Crippen LogP contribution in [0.2, 0.25) is 0 Å². The predicted octanol–water partition coefficient (Wildman–Crippen LogP) is 4.19. The Morgan fingerprint density at radius 3 is 2.75 bits per heavy atom. The zero-order chi connectivity index (χ0) is 22.2. The molecule has 2 aromatic carbocycles. The van der Waals surface area contributed by atoms with Crippen LogP contribution in [-0.4, -0.2) is 37.1 Å². The molecular formula is C26H30N4O2. The summed E-state index contributed by atoms with van der Waals surface area (Å²) in [6, 6.07) is 20.4. The number of nitrogens with zero attached hydrogens (tertiary/aromatic N) is 2. The van der Waals surface area contributed by atoms with E-state index in [2.05, 4.69) is 57.8 Å². The molecule has 0 saturated carbocycles. The average molecular weight is 431 g/mol. The fourth-order valence-corrected chi connectivity index (χ4v) is 3.73. The van der Waals surface area contributed by atoms with Crippen molar-refractivity contribution in [1.82, 2.24) is 10.2 Å². The van der Waals surface area contributed by atoms with Crippen molar-refractivity contribution < 1.29 is 9.15 Å². The summed E-state index contributed by atoms with van der Waals surface area (Å²) in [5.74, 6) is 1.76. The van der Waals surface area contributed by atoms with Crippen LogP contribution in [0.5, 0.6) is 5.75 Å². The van der Waals surface area contributed by atoms with Crippen LogP contribution in [0.1, 0.15) is 17.5 Å². The van der Waals surface area contributed by atoms with Crippen molar-refractivity contribution in [3.63, 3.8) is 0 Å². The number of ether oxygens (including phenoxy) is 1. The first-order chi connectivity index (χ1) is 15.7. The van der Waals surface area contributed by atoms with Crippen LogP contribution < -0.4 is 15.8 Å². The molecule has 166 valence electrons. The monoisotopic (exact) mass is 430 g/mol. The summed E-state index contributed by atoms with van der Waals surface area (Å²) in [4.78, 5) is 6.74. The highest BCUT2D eigenvalue weighted by Gasteiger charge is 2.14. The van der Waals surface area contributed by atoms with E-state index in [1.54, 1.807) is 13.4 Å². The molecule has 6 nitrogen and oxygen atoms in total. The van der Waals surface area contributed by atoms with Crippen LogP contribution in [-0.2, 0) is 13.0 Å². The van der Waals surface area contributed by atoms with Crippen molar-refractivity contribution in [2.24, 2.45) is 10.7 Å². The molecule has 0 aliphatic carbocycles. The van der Waals surface area contributed by atoms with E-state index >= 15 is 0 Å². The van der Waals surface area contributed by atoms with E-state index in [0.717, 1.165) is 55.3 Å². The molecule has 0 radical (unpaired) electrons. The van der Waals surface area contributed by atoms with Gasteiger partial charge >= 0.3 is 0 Å². The van der Waals surface area contributed by atoms with Crippen LogP contribution in [0.15, 0.2) is 88.6 Å². The lowest BCUT2D eigenvalue weighted by molar-refractivity contribution is 0.284. The molecule has 6 heteroatoms. The molecule has 1 atom stereocenters. The highest BCUT2D eigenvalue weighted by atomic mass is 16.5. The maximum Gasteiger partial charge on any atom is 0.173 e. The van der Waals surface area contributed by atoms with E-state index in [1.807, 2.05) is 30.3 Å². The minimum Gasteiger partial charge on any atom is -0.497 e. The van der Waals surface area contributed by atoms with Crippen LogP contribution in [0, 0.1) is 0 Å². The topological polar surface area (TPSA) is 76.0 Å². The second-order valence-electron chi connectivity index (χ2n) is 7.79. The molecule has 2 heterocycles. The number of methoxy groups -OCH3 is 1. The molecule has 0 bridgehead atoms. The van der Waals surface area contributed by atoms with E-state index in [1.165, 1.54) is 11.1 Å². The number of nitrogens with one attached hydrogen (secondary N) is 1. The maximum atomic E-state index is 6.29. The van der Waals surface area contributed by atoms with Gasteiger partial charge in [-0.2, -0.15) is 0 Å². The van der Waals surface area contributed by atoms with Gasteiger partial charge in [0.1, 0.15) is 11.5 Å². The SMILES string of the molecule is COc1cccc(CNCCN2C=CC(CCc3cccc(-c4ccco4)c3)=NC2N)c1. The van der Waals surface area contributed by atoms with Gasteiger partial charge in [0.25, 0.3) is 0 Å². The molecule has 1 aliphatic rings. The van der Waals surface area contributed by atoms with Gasteiger partial charge in [-0.15, -0.1) is 0 Å². The smallest absolute Gasteiger partial charge is 0.173 e. The van der Waals surface area contributed by atoms with E-state index < -0.39 is 0 Å². The highest BCUT2D eigenvalue weighted by molar-refractivity contribution is 5.95. The third-order valence-corrected chi connectivity index (χ3v) is 5.51. The van der Waals surface area contributed by atoms with E-state index in [0.29, 0.717) is 0 Å². The highest BCUT2D eigenvalue weighted by Crippen LogP contribution is 2.21. The van der Waals surface area contributed by atoms with Gasteiger partial charge in [0.15, 0.2) is 6.29 Å². The molecule has 0 saturated heterocycles. The van der Waals surface area contributed by atoms with E-state index in [-0.39, 0.29) is 6.29 Å². The predicted molar refractivity (Wildman–Crippen MR) is 128 cm³/mol. The Morgan fingerprint density at radius 2 is 1.94 bits per heavy atom. The molecule has 0 fully saturated rings. The van der Waals surface area contributed by atoms with Gasteiger partial charge in [-0.05, 0) is 60.4 Å². The Bertz CT molecular complexity index is 1060. The van der Waals surface area contributed by atoms with Gasteiger partial charge in [0.2, 0.25) is 0 Å². The minimum atomic E-state index is -0.344. The summed E-state index contributed by atoms with van der Waals surface area (Å²) in [7, 11) is 1.68. The van der Waals surface area contributed by atoms with Gasteiger partial charge in [-0.25, -0.2) is 0 Å². The molecule has 3 aromatic rings. The molecule has 4 rings (SSSR count). The Balaban J connectivity index is 1.22. The van der Waals surface area contributed by atoms with Crippen molar-refractivity contribution in [1.29, 1.82) is 0 Å². The summed E-state index contributed by atoms with van der Waals surface area (Å²) in [6.45, 7) is 2.40. The second-order valence-corrected chi connectivity index (χ2v) is 7.79. The van der Waals surface area contributed by atoms with Gasteiger partial charge in [0, 0.05) is 37.1 Å². The van der Waals surface area contributed by atoms with Gasteiger partial charge in [-0.3, -0.25) is 10.7 Å². The number of aryl methyl sites for hydroxylation is 1. The molecule has 1 unspecified atom stereocenters. The van der Waals surface area contributed by atoms with Crippen LogP contribution in [0.4, 0.5) is 0 Å². The lowest BCUT2D eigenvalue weighted by atomic mass is 10.0. The molecule has 1 aromatic heterocycles. The summed E-state index contributed by atoms with van der Waals surface area (Å²) >= 11 is 0. The molecule has 0 spiro atoms. The van der Waals surface area contributed by atoms with E-state index in [4.69, 9.17) is 14.9 Å². The summed E-state index contributed by atoms with van der Waals surface area (Å²) < 4.78 is 10.8.